The summed E-state index contributed by atoms with van der Waals surface area (Å²) in [5.74, 6) is -0.499. The first-order chi connectivity index (χ1) is 10.8. The fourth-order valence-corrected chi connectivity index (χ4v) is 2.79. The number of hydrogen-bond acceptors (Lipinski definition) is 3. The number of benzene rings is 1. The smallest absolute Gasteiger partial charge is 0.227 e. The lowest BCUT2D eigenvalue weighted by molar-refractivity contribution is -0.121. The van der Waals surface area contributed by atoms with E-state index < -0.39 is 5.60 Å². The van der Waals surface area contributed by atoms with Crippen molar-refractivity contribution in [3.8, 4) is 0 Å². The molecule has 6 heteroatoms. The van der Waals surface area contributed by atoms with Gasteiger partial charge < -0.3 is 15.7 Å². The Hall–Kier alpha value is -1.59. The molecule has 0 heterocycles. The molecule has 2 amide bonds. The van der Waals surface area contributed by atoms with Gasteiger partial charge in [-0.05, 0) is 31.0 Å². The summed E-state index contributed by atoms with van der Waals surface area (Å²) < 4.78 is 0. The minimum atomic E-state index is -0.972. The van der Waals surface area contributed by atoms with Crippen LogP contribution >= 0.6 is 11.6 Å². The average molecular weight is 341 g/mol. The molecule has 1 rings (SSSR count). The van der Waals surface area contributed by atoms with Gasteiger partial charge in [0.1, 0.15) is 0 Å². The summed E-state index contributed by atoms with van der Waals surface area (Å²) in [5, 5.41) is 16.3. The van der Waals surface area contributed by atoms with E-state index in [9.17, 15) is 14.7 Å². The molecule has 23 heavy (non-hydrogen) atoms. The van der Waals surface area contributed by atoms with Crippen molar-refractivity contribution in [1.29, 1.82) is 0 Å². The van der Waals surface area contributed by atoms with Crippen molar-refractivity contribution < 1.29 is 14.7 Å². The standard InChI is InChI=1S/C17H25ClN2O3/c1-4-8-17(23,9-5-2)11-16(22)20-13-6-7-14(18)15(10-13)19-12(3)21/h6-7,10,23H,4-5,8-9,11H2,1-3H3,(H,19,21)(H,20,22). The lowest BCUT2D eigenvalue weighted by atomic mass is 9.89. The van der Waals surface area contributed by atoms with E-state index in [0.717, 1.165) is 12.8 Å². The van der Waals surface area contributed by atoms with E-state index in [0.29, 0.717) is 29.2 Å². The van der Waals surface area contributed by atoms with Gasteiger partial charge in [-0.25, -0.2) is 0 Å². The molecule has 0 radical (unpaired) electrons. The Bertz CT molecular complexity index is 555. The van der Waals surface area contributed by atoms with Crippen molar-refractivity contribution in [3.63, 3.8) is 0 Å². The van der Waals surface area contributed by atoms with Gasteiger partial charge in [-0.3, -0.25) is 9.59 Å². The largest absolute Gasteiger partial charge is 0.389 e. The molecule has 0 spiro atoms. The van der Waals surface area contributed by atoms with Crippen molar-refractivity contribution in [2.75, 3.05) is 10.6 Å². The molecule has 5 nitrogen and oxygen atoms in total. The highest BCUT2D eigenvalue weighted by Gasteiger charge is 2.28. The van der Waals surface area contributed by atoms with Crippen LogP contribution < -0.4 is 10.6 Å². The summed E-state index contributed by atoms with van der Waals surface area (Å²) in [6, 6.07) is 4.86. The van der Waals surface area contributed by atoms with E-state index in [2.05, 4.69) is 10.6 Å². The molecule has 0 aliphatic carbocycles. The molecule has 0 atom stereocenters. The highest BCUT2D eigenvalue weighted by Crippen LogP contribution is 2.27. The van der Waals surface area contributed by atoms with E-state index in [4.69, 9.17) is 11.6 Å². The molecule has 3 N–H and O–H groups in total. The molecular weight excluding hydrogens is 316 g/mol. The van der Waals surface area contributed by atoms with Crippen LogP contribution in [0.15, 0.2) is 18.2 Å². The molecule has 0 aliphatic heterocycles. The van der Waals surface area contributed by atoms with Gasteiger partial charge in [0.25, 0.3) is 0 Å². The zero-order valence-electron chi connectivity index (χ0n) is 13.9. The number of carbonyl (C=O) groups is 2. The van der Waals surface area contributed by atoms with Crippen LogP contribution in [0.25, 0.3) is 0 Å². The first-order valence-electron chi connectivity index (χ1n) is 7.89. The number of nitrogens with one attached hydrogen (secondary N) is 2. The zero-order valence-corrected chi connectivity index (χ0v) is 14.7. The first kappa shape index (κ1) is 19.5. The van der Waals surface area contributed by atoms with Crippen LogP contribution in [0.5, 0.6) is 0 Å². The predicted octanol–water partition coefficient (Wildman–Crippen LogP) is 3.96. The molecule has 128 valence electrons. The summed E-state index contributed by atoms with van der Waals surface area (Å²) in [4.78, 5) is 23.3. The Labute approximate surface area is 142 Å². The Morgan fingerprint density at radius 3 is 2.30 bits per heavy atom. The van der Waals surface area contributed by atoms with Gasteiger partial charge in [-0.2, -0.15) is 0 Å². The second kappa shape index (κ2) is 8.89. The number of rotatable bonds is 8. The van der Waals surface area contributed by atoms with Crippen molar-refractivity contribution >= 4 is 34.8 Å². The summed E-state index contributed by atoms with van der Waals surface area (Å²) in [6.45, 7) is 5.35. The van der Waals surface area contributed by atoms with E-state index in [1.54, 1.807) is 18.2 Å². The van der Waals surface area contributed by atoms with Gasteiger partial charge in [0.15, 0.2) is 0 Å². The molecule has 0 saturated heterocycles. The normalized spacial score (nSPS) is 11.2. The number of halogens is 1. The first-order valence-corrected chi connectivity index (χ1v) is 8.27. The number of aliphatic hydroxyl groups is 1. The summed E-state index contributed by atoms with van der Waals surface area (Å²) in [6.07, 6.45) is 2.86. The van der Waals surface area contributed by atoms with Crippen molar-refractivity contribution in [3.05, 3.63) is 23.2 Å². The lowest BCUT2D eigenvalue weighted by Gasteiger charge is -2.26. The summed E-state index contributed by atoms with van der Waals surface area (Å²) >= 11 is 6.00. The third kappa shape index (κ3) is 6.59. The highest BCUT2D eigenvalue weighted by atomic mass is 35.5. The summed E-state index contributed by atoms with van der Waals surface area (Å²) in [5.41, 5.74) is -0.00616. The maximum absolute atomic E-state index is 12.2. The number of amides is 2. The average Bonchev–Trinajstić information content (AvgIpc) is 2.42. The van der Waals surface area contributed by atoms with Crippen molar-refractivity contribution in [1.82, 2.24) is 0 Å². The number of hydrogen-bond donors (Lipinski definition) is 3. The highest BCUT2D eigenvalue weighted by molar-refractivity contribution is 6.33. The molecule has 0 aromatic heterocycles. The monoisotopic (exact) mass is 340 g/mol. The molecular formula is C17H25ClN2O3. The van der Waals surface area contributed by atoms with Crippen molar-refractivity contribution in [2.45, 2.75) is 58.5 Å². The minimum Gasteiger partial charge on any atom is -0.389 e. The third-order valence-electron chi connectivity index (χ3n) is 3.48. The molecule has 0 aliphatic rings. The second-order valence-corrected chi connectivity index (χ2v) is 6.23. The molecule has 0 saturated carbocycles. The van der Waals surface area contributed by atoms with Gasteiger partial charge in [-0.15, -0.1) is 0 Å². The second-order valence-electron chi connectivity index (χ2n) is 5.83. The Morgan fingerprint density at radius 2 is 1.78 bits per heavy atom. The van der Waals surface area contributed by atoms with Gasteiger partial charge in [-0.1, -0.05) is 38.3 Å². The Morgan fingerprint density at radius 1 is 1.17 bits per heavy atom. The number of carbonyl (C=O) groups excluding carboxylic acids is 2. The molecule has 1 aromatic carbocycles. The van der Waals surface area contributed by atoms with E-state index in [1.165, 1.54) is 6.92 Å². The van der Waals surface area contributed by atoms with Gasteiger partial charge in [0, 0.05) is 12.6 Å². The van der Waals surface area contributed by atoms with Gasteiger partial charge in [0.2, 0.25) is 11.8 Å². The number of anilines is 2. The topological polar surface area (TPSA) is 78.4 Å². The fraction of sp³-hybridized carbons (Fsp3) is 0.529. The van der Waals surface area contributed by atoms with Crippen LogP contribution in [-0.2, 0) is 9.59 Å². The van der Waals surface area contributed by atoms with E-state index in [1.807, 2.05) is 13.8 Å². The van der Waals surface area contributed by atoms with E-state index in [-0.39, 0.29) is 18.2 Å². The van der Waals surface area contributed by atoms with Crippen LogP contribution in [0, 0.1) is 0 Å². The molecule has 1 aromatic rings. The molecule has 0 unspecified atom stereocenters. The molecule has 0 bridgehead atoms. The van der Waals surface area contributed by atoms with E-state index >= 15 is 0 Å². The predicted molar refractivity (Wildman–Crippen MR) is 93.8 cm³/mol. The van der Waals surface area contributed by atoms with Crippen LogP contribution in [0.1, 0.15) is 52.9 Å². The summed E-state index contributed by atoms with van der Waals surface area (Å²) in [7, 11) is 0. The SMILES string of the molecule is CCCC(O)(CCC)CC(=O)Nc1ccc(Cl)c(NC(C)=O)c1. The van der Waals surface area contributed by atoms with Crippen LogP contribution in [-0.4, -0.2) is 22.5 Å². The van der Waals surface area contributed by atoms with Crippen LogP contribution in [0.3, 0.4) is 0 Å². The third-order valence-corrected chi connectivity index (χ3v) is 3.81. The van der Waals surface area contributed by atoms with Crippen molar-refractivity contribution in [2.24, 2.45) is 0 Å². The van der Waals surface area contributed by atoms with Crippen LogP contribution in [0.4, 0.5) is 11.4 Å². The van der Waals surface area contributed by atoms with Gasteiger partial charge in [0.05, 0.1) is 22.7 Å². The maximum atomic E-state index is 12.2. The van der Waals surface area contributed by atoms with Crippen LogP contribution in [0.2, 0.25) is 5.02 Å². The molecule has 0 fully saturated rings. The lowest BCUT2D eigenvalue weighted by Crippen LogP contribution is -2.33. The Kier molecular flexibility index (Phi) is 7.52. The van der Waals surface area contributed by atoms with Gasteiger partial charge >= 0.3 is 0 Å². The quantitative estimate of drug-likeness (QED) is 0.670. The maximum Gasteiger partial charge on any atom is 0.227 e. The Balaban J connectivity index is 2.78. The zero-order chi connectivity index (χ0) is 17.5. The fourth-order valence-electron chi connectivity index (χ4n) is 2.63. The minimum absolute atomic E-state index is 0.0484.